The molecule has 1 rings (SSSR count). The van der Waals surface area contributed by atoms with Crippen LogP contribution in [0.4, 0.5) is 4.39 Å². The summed E-state index contributed by atoms with van der Waals surface area (Å²) >= 11 is 0. The van der Waals surface area contributed by atoms with Crippen molar-refractivity contribution in [1.29, 1.82) is 0 Å². The quantitative estimate of drug-likeness (QED) is 0.875. The Hall–Kier alpha value is -0.980. The van der Waals surface area contributed by atoms with Gasteiger partial charge in [-0.05, 0) is 23.6 Å². The highest BCUT2D eigenvalue weighted by Crippen LogP contribution is 2.19. The Morgan fingerprint density at radius 2 is 2.00 bits per heavy atom. The number of halogens is 1. The summed E-state index contributed by atoms with van der Waals surface area (Å²) in [6, 6.07) is 4.73. The average Bonchev–Trinajstić information content (AvgIpc) is 2.24. The summed E-state index contributed by atoms with van der Waals surface area (Å²) in [6.07, 6.45) is -0.819. The van der Waals surface area contributed by atoms with Crippen LogP contribution in [-0.2, 0) is 10.0 Å². The van der Waals surface area contributed by atoms with Crippen LogP contribution in [-0.4, -0.2) is 26.2 Å². The van der Waals surface area contributed by atoms with E-state index in [0.717, 1.165) is 6.07 Å². The number of sulfonamides is 1. The first-order valence-electron chi connectivity index (χ1n) is 5.56. The third-order valence-electron chi connectivity index (χ3n) is 2.57. The number of hydrogen-bond acceptors (Lipinski definition) is 3. The van der Waals surface area contributed by atoms with Crippen molar-refractivity contribution in [1.82, 2.24) is 4.72 Å². The molecule has 0 radical (unpaired) electrons. The maximum atomic E-state index is 12.9. The lowest BCUT2D eigenvalue weighted by Crippen LogP contribution is -2.39. The minimum atomic E-state index is -3.79. The number of nitrogens with one attached hydrogen (secondary N) is 1. The molecule has 0 aliphatic carbocycles. The van der Waals surface area contributed by atoms with Crippen molar-refractivity contribution in [3.63, 3.8) is 0 Å². The molecule has 0 amide bonds. The fourth-order valence-corrected chi connectivity index (χ4v) is 2.28. The summed E-state index contributed by atoms with van der Waals surface area (Å²) < 4.78 is 38.9. The molecule has 1 aromatic rings. The van der Waals surface area contributed by atoms with Crippen LogP contribution in [0.15, 0.2) is 29.2 Å². The van der Waals surface area contributed by atoms with Crippen LogP contribution in [0.3, 0.4) is 0 Å². The SMILES string of the molecule is CC(C)(C)C(O)CNS(=O)(=O)c1cccc(F)c1. The van der Waals surface area contributed by atoms with Gasteiger partial charge in [-0.25, -0.2) is 17.5 Å². The van der Waals surface area contributed by atoms with E-state index < -0.39 is 27.4 Å². The molecule has 6 heteroatoms. The first kappa shape index (κ1) is 15.1. The molecule has 1 unspecified atom stereocenters. The van der Waals surface area contributed by atoms with E-state index in [1.54, 1.807) is 20.8 Å². The molecule has 0 saturated carbocycles. The van der Waals surface area contributed by atoms with Crippen molar-refractivity contribution in [2.45, 2.75) is 31.8 Å². The molecule has 2 N–H and O–H groups in total. The summed E-state index contributed by atoms with van der Waals surface area (Å²) in [5.41, 5.74) is -0.426. The van der Waals surface area contributed by atoms with Crippen LogP contribution in [0.5, 0.6) is 0 Å². The first-order valence-corrected chi connectivity index (χ1v) is 7.04. The van der Waals surface area contributed by atoms with Crippen LogP contribution >= 0.6 is 0 Å². The van der Waals surface area contributed by atoms with Crippen LogP contribution in [0, 0.1) is 11.2 Å². The van der Waals surface area contributed by atoms with Gasteiger partial charge >= 0.3 is 0 Å². The van der Waals surface area contributed by atoms with Gasteiger partial charge in [0.1, 0.15) is 5.82 Å². The topological polar surface area (TPSA) is 66.4 Å². The zero-order valence-corrected chi connectivity index (χ0v) is 11.5. The Morgan fingerprint density at radius 3 is 2.50 bits per heavy atom. The van der Waals surface area contributed by atoms with E-state index in [2.05, 4.69) is 4.72 Å². The summed E-state index contributed by atoms with van der Waals surface area (Å²) in [5.74, 6) is -0.616. The van der Waals surface area contributed by atoms with E-state index >= 15 is 0 Å². The van der Waals surface area contributed by atoms with Gasteiger partial charge in [-0.1, -0.05) is 26.8 Å². The number of hydrogen-bond donors (Lipinski definition) is 2. The van der Waals surface area contributed by atoms with Crippen molar-refractivity contribution in [3.05, 3.63) is 30.1 Å². The molecule has 0 aliphatic heterocycles. The predicted molar refractivity (Wildman–Crippen MR) is 67.1 cm³/mol. The summed E-state index contributed by atoms with van der Waals surface area (Å²) in [4.78, 5) is -0.149. The maximum Gasteiger partial charge on any atom is 0.240 e. The molecule has 0 saturated heterocycles. The van der Waals surface area contributed by atoms with Crippen LogP contribution < -0.4 is 4.72 Å². The molecule has 0 spiro atoms. The second kappa shape index (κ2) is 5.34. The summed E-state index contributed by atoms with van der Waals surface area (Å²) in [7, 11) is -3.79. The molecule has 102 valence electrons. The predicted octanol–water partition coefficient (Wildman–Crippen LogP) is 1.51. The van der Waals surface area contributed by atoms with Gasteiger partial charge in [0.15, 0.2) is 0 Å². The molecule has 0 aromatic heterocycles. The van der Waals surface area contributed by atoms with Gasteiger partial charge in [-0.2, -0.15) is 0 Å². The smallest absolute Gasteiger partial charge is 0.240 e. The lowest BCUT2D eigenvalue weighted by atomic mass is 9.89. The molecular formula is C12H18FNO3S. The number of aliphatic hydroxyl groups is 1. The monoisotopic (exact) mass is 275 g/mol. The van der Waals surface area contributed by atoms with Gasteiger partial charge in [0.05, 0.1) is 11.0 Å². The van der Waals surface area contributed by atoms with Crippen molar-refractivity contribution < 1.29 is 17.9 Å². The second-order valence-corrected chi connectivity index (χ2v) is 6.96. The molecule has 0 aliphatic rings. The largest absolute Gasteiger partial charge is 0.391 e. The molecule has 0 fully saturated rings. The van der Waals surface area contributed by atoms with Crippen molar-refractivity contribution >= 4 is 10.0 Å². The zero-order valence-electron chi connectivity index (χ0n) is 10.6. The molecule has 0 heterocycles. The van der Waals surface area contributed by atoms with E-state index in [4.69, 9.17) is 0 Å². The second-order valence-electron chi connectivity index (χ2n) is 5.19. The van der Waals surface area contributed by atoms with Crippen LogP contribution in [0.2, 0.25) is 0 Å². The Kier molecular flexibility index (Phi) is 4.47. The minimum Gasteiger partial charge on any atom is -0.391 e. The van der Waals surface area contributed by atoms with Gasteiger partial charge in [-0.15, -0.1) is 0 Å². The van der Waals surface area contributed by atoms with Gasteiger partial charge in [0.25, 0.3) is 0 Å². The number of rotatable bonds is 4. The third-order valence-corrected chi connectivity index (χ3v) is 3.99. The van der Waals surface area contributed by atoms with Crippen molar-refractivity contribution in [2.24, 2.45) is 5.41 Å². The fourth-order valence-electron chi connectivity index (χ4n) is 1.21. The maximum absolute atomic E-state index is 12.9. The highest BCUT2D eigenvalue weighted by Gasteiger charge is 2.24. The standard InChI is InChI=1S/C12H18FNO3S/c1-12(2,3)11(15)8-14-18(16,17)10-6-4-5-9(13)7-10/h4-7,11,14-15H,8H2,1-3H3. The summed E-state index contributed by atoms with van der Waals surface area (Å²) in [5, 5.41) is 9.75. The number of benzene rings is 1. The normalized spacial score (nSPS) is 14.5. The van der Waals surface area contributed by atoms with Crippen molar-refractivity contribution in [2.75, 3.05) is 6.54 Å². The first-order chi connectivity index (χ1) is 8.13. The molecule has 4 nitrogen and oxygen atoms in total. The molecule has 1 aromatic carbocycles. The van der Waals surface area contributed by atoms with Gasteiger partial charge in [0, 0.05) is 6.54 Å². The van der Waals surface area contributed by atoms with Gasteiger partial charge < -0.3 is 5.11 Å². The van der Waals surface area contributed by atoms with E-state index in [-0.39, 0.29) is 11.4 Å². The van der Waals surface area contributed by atoms with E-state index in [9.17, 15) is 17.9 Å². The Balaban J connectivity index is 2.78. The molecular weight excluding hydrogens is 257 g/mol. The van der Waals surface area contributed by atoms with E-state index in [0.29, 0.717) is 0 Å². The highest BCUT2D eigenvalue weighted by atomic mass is 32.2. The van der Waals surface area contributed by atoms with Crippen molar-refractivity contribution in [3.8, 4) is 0 Å². The van der Waals surface area contributed by atoms with Gasteiger partial charge in [0.2, 0.25) is 10.0 Å². The zero-order chi connectivity index (χ0) is 14.0. The van der Waals surface area contributed by atoms with Crippen LogP contribution in [0.1, 0.15) is 20.8 Å². The lowest BCUT2D eigenvalue weighted by molar-refractivity contribution is 0.0677. The summed E-state index contributed by atoms with van der Waals surface area (Å²) in [6.45, 7) is 5.29. The molecule has 18 heavy (non-hydrogen) atoms. The van der Waals surface area contributed by atoms with E-state index in [1.807, 2.05) is 0 Å². The highest BCUT2D eigenvalue weighted by molar-refractivity contribution is 7.89. The van der Waals surface area contributed by atoms with E-state index in [1.165, 1.54) is 18.2 Å². The Bertz CT molecular complexity index is 508. The Morgan fingerprint density at radius 1 is 1.39 bits per heavy atom. The van der Waals surface area contributed by atoms with Crippen LogP contribution in [0.25, 0.3) is 0 Å². The minimum absolute atomic E-state index is 0.109. The Labute approximate surface area is 107 Å². The van der Waals surface area contributed by atoms with Gasteiger partial charge in [-0.3, -0.25) is 0 Å². The number of aliphatic hydroxyl groups excluding tert-OH is 1. The molecule has 1 atom stereocenters. The average molecular weight is 275 g/mol. The third kappa shape index (κ3) is 4.04. The lowest BCUT2D eigenvalue weighted by Gasteiger charge is -2.25. The molecule has 0 bridgehead atoms. The fraction of sp³-hybridized carbons (Fsp3) is 0.500.